The first-order valence-corrected chi connectivity index (χ1v) is 19.7. The second-order valence-corrected chi connectivity index (χ2v) is 15.3. The molecule has 0 bridgehead atoms. The molecule has 58 heavy (non-hydrogen) atoms. The van der Waals surface area contributed by atoms with Crippen molar-refractivity contribution in [2.75, 3.05) is 4.90 Å². The number of anilines is 3. The molecule has 0 N–H and O–H groups in total. The lowest BCUT2D eigenvalue weighted by Gasteiger charge is -2.25. The number of hydrogen-bond acceptors (Lipinski definition) is 3. The van der Waals surface area contributed by atoms with Crippen LogP contribution >= 0.6 is 0 Å². The highest BCUT2D eigenvalue weighted by Crippen LogP contribution is 2.43. The first-order chi connectivity index (χ1) is 28.7. The van der Waals surface area contributed by atoms with Crippen LogP contribution in [0.2, 0.25) is 0 Å². The van der Waals surface area contributed by atoms with Crippen molar-refractivity contribution in [1.82, 2.24) is 4.40 Å². The van der Waals surface area contributed by atoms with Crippen LogP contribution in [0.4, 0.5) is 17.1 Å². The van der Waals surface area contributed by atoms with Crippen molar-refractivity contribution in [3.05, 3.63) is 194 Å². The molecule has 0 unspecified atom stereocenters. The Bertz CT molecular complexity index is 3740. The first-order valence-electron chi connectivity index (χ1n) is 19.7. The molecule has 0 fully saturated rings. The summed E-state index contributed by atoms with van der Waals surface area (Å²) in [5, 5.41) is 9.55. The maximum atomic E-state index is 6.75. The van der Waals surface area contributed by atoms with Gasteiger partial charge in [-0.3, -0.25) is 0 Å². The van der Waals surface area contributed by atoms with Crippen molar-refractivity contribution in [1.29, 1.82) is 0 Å². The van der Waals surface area contributed by atoms with Gasteiger partial charge in [0.05, 0.1) is 16.6 Å². The van der Waals surface area contributed by atoms with Gasteiger partial charge in [0, 0.05) is 72.3 Å². The number of hydrogen-bond donors (Lipinski definition) is 0. The molecule has 0 amide bonds. The van der Waals surface area contributed by atoms with Crippen LogP contribution in [0, 0.1) is 0 Å². The summed E-state index contributed by atoms with van der Waals surface area (Å²) in [5.74, 6) is 0. The van der Waals surface area contributed by atoms with Crippen molar-refractivity contribution in [3.8, 4) is 22.3 Å². The molecule has 0 saturated heterocycles. The number of rotatable bonds is 5. The quantitative estimate of drug-likeness (QED) is 0.176. The molecule has 13 rings (SSSR count). The zero-order chi connectivity index (χ0) is 37.9. The molecule has 4 heterocycles. The topological polar surface area (TPSA) is 33.9 Å². The summed E-state index contributed by atoms with van der Waals surface area (Å²) < 4.78 is 15.6. The van der Waals surface area contributed by atoms with Crippen LogP contribution in [-0.4, -0.2) is 4.40 Å². The normalized spacial score (nSPS) is 12.1. The van der Waals surface area contributed by atoms with Gasteiger partial charge in [0.15, 0.2) is 0 Å². The number of furan rings is 2. The van der Waals surface area contributed by atoms with Gasteiger partial charge in [-0.2, -0.15) is 0 Å². The highest BCUT2D eigenvalue weighted by molar-refractivity contribution is 6.23. The van der Waals surface area contributed by atoms with Crippen molar-refractivity contribution in [2.45, 2.75) is 0 Å². The molecule has 9 aromatic carbocycles. The molecule has 0 radical (unpaired) electrons. The van der Waals surface area contributed by atoms with Gasteiger partial charge in [0.2, 0.25) is 0 Å². The van der Waals surface area contributed by atoms with Crippen molar-refractivity contribution in [3.63, 3.8) is 0 Å². The lowest BCUT2D eigenvalue weighted by Crippen LogP contribution is -2.09. The molecular weight excluding hydrogens is 709 g/mol. The van der Waals surface area contributed by atoms with Crippen LogP contribution in [0.15, 0.2) is 203 Å². The fourth-order valence-corrected chi connectivity index (χ4v) is 9.43. The lowest BCUT2D eigenvalue weighted by atomic mass is 10.0. The molecular formula is C54H32N2O2. The summed E-state index contributed by atoms with van der Waals surface area (Å²) in [6.45, 7) is 0. The fraction of sp³-hybridized carbons (Fsp3) is 0. The standard InChI is InChI=1S/C54H32N2O2/c1-2-9-33(10-3-1)34-17-21-37(22-18-34)55(38-23-27-44-42-12-5-7-16-50(42)57-52(44)31-38)39-24-28-45-43-26-20-36(30-51(43)58-53(45)32-39)35-19-25-41-47-14-8-13-46-40-11-4-6-15-48(40)56(54(46)47)49(41)29-35/h1-32H. The highest BCUT2D eigenvalue weighted by atomic mass is 16.3. The van der Waals surface area contributed by atoms with Crippen LogP contribution < -0.4 is 4.90 Å². The predicted octanol–water partition coefficient (Wildman–Crippen LogP) is 15.4. The van der Waals surface area contributed by atoms with E-state index in [0.29, 0.717) is 0 Å². The van der Waals surface area contributed by atoms with E-state index in [0.717, 1.165) is 72.1 Å². The van der Waals surface area contributed by atoms with Gasteiger partial charge in [-0.25, -0.2) is 0 Å². The Labute approximate surface area is 332 Å². The first kappa shape index (κ1) is 31.4. The van der Waals surface area contributed by atoms with Crippen LogP contribution in [0.3, 0.4) is 0 Å². The third-order valence-electron chi connectivity index (χ3n) is 12.1. The monoisotopic (exact) mass is 740 g/mol. The lowest BCUT2D eigenvalue weighted by molar-refractivity contribution is 0.669. The molecule has 13 aromatic rings. The molecule has 270 valence electrons. The third kappa shape index (κ3) is 4.51. The smallest absolute Gasteiger partial charge is 0.137 e. The van der Waals surface area contributed by atoms with Crippen LogP contribution in [0.5, 0.6) is 0 Å². The van der Waals surface area contributed by atoms with E-state index in [1.807, 2.05) is 12.1 Å². The Balaban J connectivity index is 0.937. The number of aromatic nitrogens is 1. The van der Waals surface area contributed by atoms with E-state index in [9.17, 15) is 0 Å². The number of para-hydroxylation sites is 3. The molecule has 0 spiro atoms. The Morgan fingerprint density at radius 1 is 0.293 bits per heavy atom. The van der Waals surface area contributed by atoms with Gasteiger partial charge in [-0.1, -0.05) is 115 Å². The summed E-state index contributed by atoms with van der Waals surface area (Å²) in [6.07, 6.45) is 0. The van der Waals surface area contributed by atoms with E-state index >= 15 is 0 Å². The number of fused-ring (bicyclic) bond motifs is 12. The second-order valence-electron chi connectivity index (χ2n) is 15.3. The summed E-state index contributed by atoms with van der Waals surface area (Å²) in [5.41, 5.74) is 14.9. The maximum Gasteiger partial charge on any atom is 0.137 e. The summed E-state index contributed by atoms with van der Waals surface area (Å²) in [7, 11) is 0. The van der Waals surface area contributed by atoms with E-state index < -0.39 is 0 Å². The zero-order valence-electron chi connectivity index (χ0n) is 31.2. The minimum atomic E-state index is 0.839. The van der Waals surface area contributed by atoms with E-state index in [2.05, 4.69) is 191 Å². The Kier molecular flexibility index (Phi) is 6.41. The summed E-state index contributed by atoms with van der Waals surface area (Å²) in [6, 6.07) is 69.4. The maximum absolute atomic E-state index is 6.75. The van der Waals surface area contributed by atoms with Gasteiger partial charge in [-0.15, -0.1) is 0 Å². The molecule has 4 heteroatoms. The van der Waals surface area contributed by atoms with Crippen LogP contribution in [-0.2, 0) is 0 Å². The van der Waals surface area contributed by atoms with Crippen LogP contribution in [0.1, 0.15) is 0 Å². The van der Waals surface area contributed by atoms with Crippen molar-refractivity contribution < 1.29 is 8.83 Å². The molecule has 0 aliphatic rings. The van der Waals surface area contributed by atoms with E-state index in [1.54, 1.807) is 0 Å². The Morgan fingerprint density at radius 2 is 0.776 bits per heavy atom. The Hall–Kier alpha value is -7.82. The van der Waals surface area contributed by atoms with E-state index in [-0.39, 0.29) is 0 Å². The molecule has 0 aliphatic carbocycles. The average molecular weight is 741 g/mol. The SMILES string of the molecule is c1ccc(-c2ccc(N(c3ccc4c(c3)oc3ccccc34)c3ccc4c(c3)oc3cc(-c5ccc6c7cccc8c9ccccc9n(c6c5)c87)ccc34)cc2)cc1. The number of nitrogens with zero attached hydrogens (tertiary/aromatic N) is 2. The molecule has 0 aliphatic heterocycles. The predicted molar refractivity (Wildman–Crippen MR) is 241 cm³/mol. The molecule has 0 atom stereocenters. The zero-order valence-corrected chi connectivity index (χ0v) is 31.2. The van der Waals surface area contributed by atoms with E-state index in [4.69, 9.17) is 8.83 Å². The minimum absolute atomic E-state index is 0.839. The average Bonchev–Trinajstić information content (AvgIpc) is 4.03. The fourth-order valence-electron chi connectivity index (χ4n) is 9.43. The van der Waals surface area contributed by atoms with Gasteiger partial charge < -0.3 is 18.1 Å². The molecule has 4 nitrogen and oxygen atoms in total. The number of benzene rings is 9. The summed E-state index contributed by atoms with van der Waals surface area (Å²) in [4.78, 5) is 2.28. The third-order valence-corrected chi connectivity index (χ3v) is 12.1. The molecule has 0 saturated carbocycles. The van der Waals surface area contributed by atoms with Gasteiger partial charge in [-0.05, 0) is 89.0 Å². The van der Waals surface area contributed by atoms with Crippen molar-refractivity contribution in [2.24, 2.45) is 0 Å². The van der Waals surface area contributed by atoms with E-state index in [1.165, 1.54) is 49.2 Å². The Morgan fingerprint density at radius 3 is 1.52 bits per heavy atom. The van der Waals surface area contributed by atoms with Crippen molar-refractivity contribution >= 4 is 99.0 Å². The summed E-state index contributed by atoms with van der Waals surface area (Å²) >= 11 is 0. The van der Waals surface area contributed by atoms with Gasteiger partial charge >= 0.3 is 0 Å². The molecule has 4 aromatic heterocycles. The van der Waals surface area contributed by atoms with Crippen LogP contribution in [0.25, 0.3) is 104 Å². The van der Waals surface area contributed by atoms with Gasteiger partial charge in [0.1, 0.15) is 22.3 Å². The largest absolute Gasteiger partial charge is 0.456 e. The van der Waals surface area contributed by atoms with Gasteiger partial charge in [0.25, 0.3) is 0 Å². The second kappa shape index (κ2) is 11.8. The highest BCUT2D eigenvalue weighted by Gasteiger charge is 2.20. The minimum Gasteiger partial charge on any atom is -0.456 e.